The van der Waals surface area contributed by atoms with Crippen LogP contribution in [0.15, 0.2) is 12.4 Å². The van der Waals surface area contributed by atoms with Crippen LogP contribution in [0.3, 0.4) is 0 Å². The van der Waals surface area contributed by atoms with E-state index in [2.05, 4.69) is 15.5 Å². The number of carboxylic acid groups (broad SMARTS) is 1. The number of urea groups is 1. The minimum Gasteiger partial charge on any atom is -0.480 e. The maximum absolute atomic E-state index is 11.9. The number of aliphatic carboxylic acids is 1. The van der Waals surface area contributed by atoms with Crippen molar-refractivity contribution in [1.82, 2.24) is 20.4 Å². The number of nitrogens with zero attached hydrogens (tertiary/aromatic N) is 2. The van der Waals surface area contributed by atoms with Gasteiger partial charge in [0.15, 0.2) is 0 Å². The molecule has 0 aliphatic heterocycles. The first-order valence-corrected chi connectivity index (χ1v) is 5.78. The van der Waals surface area contributed by atoms with Crippen molar-refractivity contribution in [3.8, 4) is 0 Å². The SMILES string of the molecule is CN(Cc1cn[nH]c1)C(=O)NC1(C(=O)O)CCC1. The van der Waals surface area contributed by atoms with Gasteiger partial charge in [-0.2, -0.15) is 5.10 Å². The van der Waals surface area contributed by atoms with E-state index in [0.29, 0.717) is 19.4 Å². The van der Waals surface area contributed by atoms with E-state index < -0.39 is 11.5 Å². The van der Waals surface area contributed by atoms with Gasteiger partial charge in [-0.1, -0.05) is 0 Å². The quantitative estimate of drug-likeness (QED) is 0.729. The second kappa shape index (κ2) is 4.67. The Labute approximate surface area is 104 Å². The highest BCUT2D eigenvalue weighted by atomic mass is 16.4. The minimum absolute atomic E-state index is 0.377. The van der Waals surface area contributed by atoms with E-state index in [-0.39, 0.29) is 6.03 Å². The Balaban J connectivity index is 1.93. The van der Waals surface area contributed by atoms with Gasteiger partial charge in [-0.05, 0) is 19.3 Å². The first kappa shape index (κ1) is 12.4. The van der Waals surface area contributed by atoms with Crippen LogP contribution in [0.25, 0.3) is 0 Å². The predicted molar refractivity (Wildman–Crippen MR) is 62.8 cm³/mol. The third-order valence-electron chi connectivity index (χ3n) is 3.28. The standard InChI is InChI=1S/C11H16N4O3/c1-15(7-8-5-12-13-6-8)10(18)14-11(9(16)17)3-2-4-11/h5-6H,2-4,7H2,1H3,(H,12,13)(H,14,18)(H,16,17). The Hall–Kier alpha value is -2.05. The van der Waals surface area contributed by atoms with Crippen molar-refractivity contribution in [1.29, 1.82) is 0 Å². The molecule has 1 saturated carbocycles. The third-order valence-corrected chi connectivity index (χ3v) is 3.28. The van der Waals surface area contributed by atoms with Crippen molar-refractivity contribution in [2.45, 2.75) is 31.3 Å². The van der Waals surface area contributed by atoms with Crippen LogP contribution in [0, 0.1) is 0 Å². The van der Waals surface area contributed by atoms with Crippen LogP contribution in [-0.2, 0) is 11.3 Å². The van der Waals surface area contributed by atoms with Gasteiger partial charge >= 0.3 is 12.0 Å². The summed E-state index contributed by atoms with van der Waals surface area (Å²) in [5, 5.41) is 18.2. The second-order valence-corrected chi connectivity index (χ2v) is 4.63. The van der Waals surface area contributed by atoms with Gasteiger partial charge in [0.05, 0.1) is 12.7 Å². The summed E-state index contributed by atoms with van der Waals surface area (Å²) in [5.74, 6) is -0.959. The minimum atomic E-state index is -1.07. The average Bonchev–Trinajstić information content (AvgIpc) is 2.75. The Morgan fingerprint density at radius 3 is 2.78 bits per heavy atom. The third kappa shape index (κ3) is 2.29. The van der Waals surface area contributed by atoms with E-state index in [1.165, 1.54) is 4.90 Å². The van der Waals surface area contributed by atoms with Crippen LogP contribution in [0.1, 0.15) is 24.8 Å². The summed E-state index contributed by atoms with van der Waals surface area (Å²) in [6.07, 6.45) is 5.14. The molecule has 1 fully saturated rings. The number of hydrogen-bond acceptors (Lipinski definition) is 3. The number of aromatic amines is 1. The van der Waals surface area contributed by atoms with Crippen LogP contribution in [0.4, 0.5) is 4.79 Å². The normalized spacial score (nSPS) is 16.7. The lowest BCUT2D eigenvalue weighted by atomic mass is 9.77. The molecule has 7 nitrogen and oxygen atoms in total. The fourth-order valence-corrected chi connectivity index (χ4v) is 1.93. The number of aromatic nitrogens is 2. The van der Waals surface area contributed by atoms with Gasteiger partial charge in [0.2, 0.25) is 0 Å². The molecule has 1 aromatic rings. The van der Waals surface area contributed by atoms with Crippen molar-refractivity contribution in [3.05, 3.63) is 18.0 Å². The number of carbonyl (C=O) groups is 2. The van der Waals surface area contributed by atoms with Crippen molar-refractivity contribution in [3.63, 3.8) is 0 Å². The molecule has 18 heavy (non-hydrogen) atoms. The number of carboxylic acids is 1. The lowest BCUT2D eigenvalue weighted by Gasteiger charge is -2.39. The topological polar surface area (TPSA) is 98.3 Å². The molecule has 0 bridgehead atoms. The Kier molecular flexibility index (Phi) is 3.22. The zero-order valence-electron chi connectivity index (χ0n) is 10.1. The fraction of sp³-hybridized carbons (Fsp3) is 0.545. The molecule has 1 aromatic heterocycles. The van der Waals surface area contributed by atoms with Gasteiger partial charge in [0.1, 0.15) is 5.54 Å². The number of amides is 2. The fourth-order valence-electron chi connectivity index (χ4n) is 1.93. The highest BCUT2D eigenvalue weighted by Gasteiger charge is 2.46. The van der Waals surface area contributed by atoms with E-state index in [1.54, 1.807) is 19.4 Å². The number of nitrogens with one attached hydrogen (secondary N) is 2. The van der Waals surface area contributed by atoms with Crippen LogP contribution >= 0.6 is 0 Å². The van der Waals surface area contributed by atoms with Gasteiger partial charge in [0, 0.05) is 18.8 Å². The molecule has 0 aromatic carbocycles. The summed E-state index contributed by atoms with van der Waals surface area (Å²) >= 11 is 0. The molecule has 0 atom stereocenters. The monoisotopic (exact) mass is 252 g/mol. The van der Waals surface area contributed by atoms with Crippen molar-refractivity contribution < 1.29 is 14.7 Å². The smallest absolute Gasteiger partial charge is 0.329 e. The number of hydrogen-bond donors (Lipinski definition) is 3. The van der Waals surface area contributed by atoms with Gasteiger partial charge in [0.25, 0.3) is 0 Å². The van der Waals surface area contributed by atoms with Crippen molar-refractivity contribution in [2.75, 3.05) is 7.05 Å². The maximum atomic E-state index is 11.9. The molecule has 1 heterocycles. The molecule has 1 aliphatic carbocycles. The Morgan fingerprint density at radius 2 is 2.33 bits per heavy atom. The maximum Gasteiger partial charge on any atom is 0.329 e. The lowest BCUT2D eigenvalue weighted by molar-refractivity contribution is -0.148. The molecular formula is C11H16N4O3. The summed E-state index contributed by atoms with van der Waals surface area (Å²) in [6.45, 7) is 0.387. The number of H-pyrrole nitrogens is 1. The number of rotatable bonds is 4. The van der Waals surface area contributed by atoms with E-state index in [4.69, 9.17) is 5.11 Å². The molecular weight excluding hydrogens is 236 g/mol. The van der Waals surface area contributed by atoms with Crippen molar-refractivity contribution >= 4 is 12.0 Å². The van der Waals surface area contributed by atoms with Crippen LogP contribution < -0.4 is 5.32 Å². The highest BCUT2D eigenvalue weighted by molar-refractivity contribution is 5.87. The molecule has 0 saturated heterocycles. The molecule has 7 heteroatoms. The molecule has 98 valence electrons. The summed E-state index contributed by atoms with van der Waals surface area (Å²) < 4.78 is 0. The van der Waals surface area contributed by atoms with Crippen LogP contribution in [0.2, 0.25) is 0 Å². The summed E-state index contributed by atoms with van der Waals surface area (Å²) in [6, 6.07) is -0.377. The highest BCUT2D eigenvalue weighted by Crippen LogP contribution is 2.32. The van der Waals surface area contributed by atoms with Gasteiger partial charge in [-0.3, -0.25) is 5.10 Å². The largest absolute Gasteiger partial charge is 0.480 e. The molecule has 2 amide bonds. The number of carbonyl (C=O) groups excluding carboxylic acids is 1. The lowest BCUT2D eigenvalue weighted by Crippen LogP contribution is -2.61. The van der Waals surface area contributed by atoms with E-state index in [9.17, 15) is 9.59 Å². The Bertz CT molecular complexity index is 439. The first-order valence-electron chi connectivity index (χ1n) is 5.78. The van der Waals surface area contributed by atoms with E-state index in [1.807, 2.05) is 0 Å². The zero-order valence-corrected chi connectivity index (χ0v) is 10.1. The predicted octanol–water partition coefficient (Wildman–Crippen LogP) is 0.558. The Morgan fingerprint density at radius 1 is 1.61 bits per heavy atom. The molecule has 0 spiro atoms. The first-order chi connectivity index (χ1) is 8.53. The molecule has 2 rings (SSSR count). The van der Waals surface area contributed by atoms with E-state index >= 15 is 0 Å². The van der Waals surface area contributed by atoms with Gasteiger partial charge < -0.3 is 15.3 Å². The van der Waals surface area contributed by atoms with Crippen LogP contribution in [0.5, 0.6) is 0 Å². The van der Waals surface area contributed by atoms with Gasteiger partial charge in [-0.25, -0.2) is 9.59 Å². The second-order valence-electron chi connectivity index (χ2n) is 4.63. The average molecular weight is 252 g/mol. The summed E-state index contributed by atoms with van der Waals surface area (Å²) in [5.41, 5.74) is -0.201. The van der Waals surface area contributed by atoms with Crippen molar-refractivity contribution in [2.24, 2.45) is 0 Å². The molecule has 0 unspecified atom stereocenters. The summed E-state index contributed by atoms with van der Waals surface area (Å²) in [7, 11) is 1.62. The molecule has 0 radical (unpaired) electrons. The molecule has 3 N–H and O–H groups in total. The van der Waals surface area contributed by atoms with E-state index in [0.717, 1.165) is 12.0 Å². The molecule has 1 aliphatic rings. The van der Waals surface area contributed by atoms with Crippen LogP contribution in [-0.4, -0.2) is 44.8 Å². The van der Waals surface area contributed by atoms with Gasteiger partial charge in [-0.15, -0.1) is 0 Å². The summed E-state index contributed by atoms with van der Waals surface area (Å²) in [4.78, 5) is 24.5. The zero-order chi connectivity index (χ0) is 13.2.